The molecule has 0 spiro atoms. The fraction of sp³-hybridized carbons (Fsp3) is 0.621. The Morgan fingerprint density at radius 1 is 1.19 bits per heavy atom. The van der Waals surface area contributed by atoms with Crippen molar-refractivity contribution in [3.8, 4) is 6.07 Å². The molecule has 1 amide bonds. The summed E-state index contributed by atoms with van der Waals surface area (Å²) < 4.78 is 12.1. The number of nitriles is 1. The van der Waals surface area contributed by atoms with Crippen molar-refractivity contribution in [2.75, 3.05) is 19.6 Å². The molecule has 4 aliphatic rings. The molecular formula is C29H39N5O3. The molecular weight excluding hydrogens is 466 g/mol. The summed E-state index contributed by atoms with van der Waals surface area (Å²) in [6.07, 6.45) is 5.24. The average Bonchev–Trinajstić information content (AvgIpc) is 2.94. The number of nitrogens with two attached hydrogens (primary N) is 1. The number of likely N-dealkylation sites (tertiary alicyclic amines) is 1. The third-order valence-electron chi connectivity index (χ3n) is 7.93. The summed E-state index contributed by atoms with van der Waals surface area (Å²) >= 11 is 0. The van der Waals surface area contributed by atoms with E-state index in [0.29, 0.717) is 37.7 Å². The van der Waals surface area contributed by atoms with Gasteiger partial charge in [0.25, 0.3) is 0 Å². The smallest absolute Gasteiger partial charge is 0.410 e. The van der Waals surface area contributed by atoms with Gasteiger partial charge in [0.2, 0.25) is 0 Å². The zero-order chi connectivity index (χ0) is 26.2. The second-order valence-corrected chi connectivity index (χ2v) is 11.8. The quantitative estimate of drug-likeness (QED) is 0.621. The third-order valence-corrected chi connectivity index (χ3v) is 7.93. The van der Waals surface area contributed by atoms with Crippen LogP contribution in [-0.2, 0) is 9.47 Å². The lowest BCUT2D eigenvalue weighted by Crippen LogP contribution is -2.53. The molecule has 198 valence electrons. The molecule has 2 unspecified atom stereocenters. The van der Waals surface area contributed by atoms with Crippen LogP contribution in [0.25, 0.3) is 0 Å². The Labute approximate surface area is 219 Å². The van der Waals surface area contributed by atoms with Gasteiger partial charge in [-0.1, -0.05) is 18.6 Å². The maximum absolute atomic E-state index is 13.2. The number of ether oxygens (including phenoxy) is 2. The molecule has 3 fully saturated rings. The molecule has 2 heterocycles. The van der Waals surface area contributed by atoms with E-state index in [1.54, 1.807) is 4.90 Å². The van der Waals surface area contributed by atoms with Gasteiger partial charge in [0, 0.05) is 43.0 Å². The Morgan fingerprint density at radius 2 is 1.92 bits per heavy atom. The predicted molar refractivity (Wildman–Crippen MR) is 143 cm³/mol. The number of fused-ring (bicyclic) bond motifs is 1. The van der Waals surface area contributed by atoms with Crippen LogP contribution in [0.4, 0.5) is 10.5 Å². The molecule has 37 heavy (non-hydrogen) atoms. The van der Waals surface area contributed by atoms with E-state index in [1.165, 1.54) is 24.8 Å². The molecule has 0 bridgehead atoms. The Kier molecular flexibility index (Phi) is 7.28. The monoisotopic (exact) mass is 505 g/mol. The topological polar surface area (TPSA) is 113 Å². The van der Waals surface area contributed by atoms with Crippen LogP contribution < -0.4 is 11.1 Å². The van der Waals surface area contributed by atoms with Crippen molar-refractivity contribution in [1.29, 1.82) is 5.26 Å². The van der Waals surface area contributed by atoms with Gasteiger partial charge in [0.05, 0.1) is 29.8 Å². The molecule has 8 nitrogen and oxygen atoms in total. The highest BCUT2D eigenvalue weighted by Gasteiger charge is 2.41. The number of nitrogens with zero attached hydrogens (tertiary/aromatic N) is 3. The van der Waals surface area contributed by atoms with E-state index in [1.807, 2.05) is 20.8 Å². The molecule has 1 saturated heterocycles. The SMILES string of the molecule is CC(C)(C)OC(=O)N1CCC(=Nc2ccc(C3CCC3)cc2)C2=C(N)C(OC3CC(C#N)C3)CNCC21. The molecule has 2 saturated carbocycles. The second-order valence-electron chi connectivity index (χ2n) is 11.8. The molecule has 2 aliphatic carbocycles. The number of carbonyl (C=O) groups excluding carboxylic acids is 1. The summed E-state index contributed by atoms with van der Waals surface area (Å²) in [6.45, 7) is 7.23. The first-order valence-corrected chi connectivity index (χ1v) is 13.6. The number of hydrogen-bond donors (Lipinski definition) is 2. The summed E-state index contributed by atoms with van der Waals surface area (Å²) in [5.41, 5.74) is 10.9. The van der Waals surface area contributed by atoms with Gasteiger partial charge >= 0.3 is 6.09 Å². The lowest BCUT2D eigenvalue weighted by atomic mass is 9.80. The standard InChI is InChI=1S/C29H39N5O3/c1-29(2,3)37-28(35)34-12-11-23(33-21-9-7-20(8-10-21)19-5-4-6-19)26-24(34)16-32-17-25(27(26)31)36-22-13-18(14-22)15-30/h7-10,18-19,22,24-25,32H,4-6,11-14,16-17,31H2,1-3H3. The summed E-state index contributed by atoms with van der Waals surface area (Å²) in [6, 6.07) is 10.6. The zero-order valence-corrected chi connectivity index (χ0v) is 22.2. The summed E-state index contributed by atoms with van der Waals surface area (Å²) in [5.74, 6) is 0.738. The van der Waals surface area contributed by atoms with Crippen LogP contribution in [-0.4, -0.2) is 60.2 Å². The Bertz CT molecular complexity index is 1100. The van der Waals surface area contributed by atoms with E-state index < -0.39 is 5.60 Å². The highest BCUT2D eigenvalue weighted by Crippen LogP contribution is 2.37. The Balaban J connectivity index is 1.44. The number of hydrogen-bond acceptors (Lipinski definition) is 7. The van der Waals surface area contributed by atoms with Crippen molar-refractivity contribution >= 4 is 17.5 Å². The second kappa shape index (κ2) is 10.5. The number of rotatable bonds is 4. The van der Waals surface area contributed by atoms with Gasteiger partial charge in [0.15, 0.2) is 0 Å². The molecule has 5 rings (SSSR count). The first-order chi connectivity index (χ1) is 17.7. The Hall–Kier alpha value is -2.89. The van der Waals surface area contributed by atoms with Crippen LogP contribution in [0, 0.1) is 17.2 Å². The molecule has 8 heteroatoms. The summed E-state index contributed by atoms with van der Waals surface area (Å²) in [7, 11) is 0. The predicted octanol–water partition coefficient (Wildman–Crippen LogP) is 4.54. The van der Waals surface area contributed by atoms with Gasteiger partial charge in [-0.05, 0) is 70.1 Å². The number of carbonyl (C=O) groups is 1. The van der Waals surface area contributed by atoms with Crippen LogP contribution in [0.1, 0.15) is 70.8 Å². The molecule has 1 aromatic carbocycles. The summed E-state index contributed by atoms with van der Waals surface area (Å²) in [4.78, 5) is 20.0. The van der Waals surface area contributed by atoms with Crippen molar-refractivity contribution in [3.05, 3.63) is 41.1 Å². The number of aliphatic imine (C=N–C) groups is 1. The van der Waals surface area contributed by atoms with Gasteiger partial charge < -0.3 is 20.5 Å². The molecule has 1 aromatic rings. The lowest BCUT2D eigenvalue weighted by Gasteiger charge is -2.39. The number of benzene rings is 1. The largest absolute Gasteiger partial charge is 0.444 e. The van der Waals surface area contributed by atoms with E-state index in [9.17, 15) is 4.79 Å². The maximum Gasteiger partial charge on any atom is 0.410 e. The van der Waals surface area contributed by atoms with E-state index in [-0.39, 0.29) is 30.3 Å². The van der Waals surface area contributed by atoms with Crippen LogP contribution in [0.3, 0.4) is 0 Å². The average molecular weight is 506 g/mol. The van der Waals surface area contributed by atoms with Crippen LogP contribution >= 0.6 is 0 Å². The lowest BCUT2D eigenvalue weighted by molar-refractivity contribution is -0.0494. The molecule has 0 radical (unpaired) electrons. The third kappa shape index (κ3) is 5.68. The van der Waals surface area contributed by atoms with E-state index >= 15 is 0 Å². The fourth-order valence-corrected chi connectivity index (χ4v) is 5.58. The minimum atomic E-state index is -0.589. The molecule has 3 N–H and O–H groups in total. The molecule has 2 atom stereocenters. The number of piperidine rings is 1. The van der Waals surface area contributed by atoms with Crippen molar-refractivity contribution in [3.63, 3.8) is 0 Å². The minimum Gasteiger partial charge on any atom is -0.444 e. The normalized spacial score (nSPS) is 29.6. The highest BCUT2D eigenvalue weighted by atomic mass is 16.6. The number of nitrogens with one attached hydrogen (secondary N) is 1. The van der Waals surface area contributed by atoms with Crippen LogP contribution in [0.15, 0.2) is 40.5 Å². The first kappa shape index (κ1) is 25.7. The van der Waals surface area contributed by atoms with Gasteiger partial charge in [-0.25, -0.2) is 4.79 Å². The minimum absolute atomic E-state index is 0.0251. The van der Waals surface area contributed by atoms with Crippen molar-refractivity contribution in [1.82, 2.24) is 10.2 Å². The molecule has 0 aromatic heterocycles. The van der Waals surface area contributed by atoms with Crippen LogP contribution in [0.5, 0.6) is 0 Å². The van der Waals surface area contributed by atoms with Crippen LogP contribution in [0.2, 0.25) is 0 Å². The number of amides is 1. The fourth-order valence-electron chi connectivity index (χ4n) is 5.58. The first-order valence-electron chi connectivity index (χ1n) is 13.6. The van der Waals surface area contributed by atoms with Gasteiger partial charge in [-0.3, -0.25) is 9.89 Å². The molecule has 2 aliphatic heterocycles. The van der Waals surface area contributed by atoms with Crippen molar-refractivity contribution in [2.24, 2.45) is 16.6 Å². The maximum atomic E-state index is 13.2. The van der Waals surface area contributed by atoms with Crippen molar-refractivity contribution in [2.45, 2.75) is 89.1 Å². The Morgan fingerprint density at radius 3 is 2.54 bits per heavy atom. The van der Waals surface area contributed by atoms with E-state index in [2.05, 4.69) is 35.7 Å². The summed E-state index contributed by atoms with van der Waals surface area (Å²) in [5, 5.41) is 12.6. The zero-order valence-electron chi connectivity index (χ0n) is 22.2. The highest BCUT2D eigenvalue weighted by molar-refractivity contribution is 6.05. The van der Waals surface area contributed by atoms with Crippen molar-refractivity contribution < 1.29 is 14.3 Å². The van der Waals surface area contributed by atoms with E-state index in [4.69, 9.17) is 25.5 Å². The van der Waals surface area contributed by atoms with E-state index in [0.717, 1.165) is 29.8 Å². The van der Waals surface area contributed by atoms with Gasteiger partial charge in [-0.15, -0.1) is 0 Å². The van der Waals surface area contributed by atoms with Gasteiger partial charge in [0.1, 0.15) is 11.7 Å². The van der Waals surface area contributed by atoms with Gasteiger partial charge in [-0.2, -0.15) is 5.26 Å².